The highest BCUT2D eigenvalue weighted by atomic mass is 31.2. The molecule has 3 N–H and O–H groups in total. The third kappa shape index (κ3) is 84.5. The van der Waals surface area contributed by atoms with E-state index in [2.05, 4.69) is 172 Å². The zero-order valence-electron chi connectivity index (χ0n) is 65.3. The highest BCUT2D eigenvalue weighted by molar-refractivity contribution is 7.47. The van der Waals surface area contributed by atoms with Crippen LogP contribution < -0.4 is 5.73 Å². The Hall–Kier alpha value is -4.37. The van der Waals surface area contributed by atoms with Gasteiger partial charge in [0.05, 0.1) is 13.2 Å². The highest BCUT2D eigenvalue weighted by Gasteiger charge is 2.26. The maximum atomic E-state index is 12.8. The van der Waals surface area contributed by atoms with E-state index in [1.807, 2.05) is 0 Å². The molecule has 0 saturated heterocycles. The van der Waals surface area contributed by atoms with Gasteiger partial charge in [-0.05, 0) is 128 Å². The second-order valence-corrected chi connectivity index (χ2v) is 29.1. The first-order chi connectivity index (χ1) is 49.8. The van der Waals surface area contributed by atoms with E-state index in [1.54, 1.807) is 0 Å². The molecule has 0 saturated carbocycles. The molecule has 0 heterocycles. The van der Waals surface area contributed by atoms with Crippen molar-refractivity contribution in [1.82, 2.24) is 0 Å². The van der Waals surface area contributed by atoms with Crippen LogP contribution in [0, 0.1) is 0 Å². The molecule has 578 valence electrons. The Kier molecular flexibility index (Phi) is 80.9. The van der Waals surface area contributed by atoms with Crippen LogP contribution >= 0.6 is 7.82 Å². The van der Waals surface area contributed by atoms with Crippen molar-refractivity contribution < 1.29 is 37.6 Å². The Balaban J connectivity index is 3.86. The fourth-order valence-corrected chi connectivity index (χ4v) is 12.5. The summed E-state index contributed by atoms with van der Waals surface area (Å²) in [5, 5.41) is 0. The zero-order chi connectivity index (χ0) is 72.9. The van der Waals surface area contributed by atoms with Crippen molar-refractivity contribution in [1.29, 1.82) is 0 Å². The Morgan fingerprint density at radius 2 is 0.545 bits per heavy atom. The number of hydrogen-bond acceptors (Lipinski definition) is 8. The lowest BCUT2D eigenvalue weighted by atomic mass is 10.0. The molecule has 0 amide bonds. The predicted molar refractivity (Wildman–Crippen MR) is 440 cm³/mol. The summed E-state index contributed by atoms with van der Waals surface area (Å²) in [4.78, 5) is 35.5. The molecule has 0 fully saturated rings. The maximum absolute atomic E-state index is 12.8. The third-order valence-electron chi connectivity index (χ3n) is 17.9. The van der Waals surface area contributed by atoms with E-state index in [0.29, 0.717) is 6.42 Å². The summed E-state index contributed by atoms with van der Waals surface area (Å²) in [7, 11) is -4.41. The van der Waals surface area contributed by atoms with Crippen molar-refractivity contribution in [2.45, 2.75) is 380 Å². The topological polar surface area (TPSA) is 134 Å². The fraction of sp³-hybridized carbons (Fsp3) is 0.692. The number of unbranched alkanes of at least 4 members (excludes halogenated alkanes) is 39. The molecule has 0 aliphatic heterocycles. The van der Waals surface area contributed by atoms with Gasteiger partial charge < -0.3 is 20.1 Å². The number of nitrogens with two attached hydrogens (primary N) is 1. The molecule has 0 aliphatic carbocycles. The van der Waals surface area contributed by atoms with Gasteiger partial charge in [0.2, 0.25) is 0 Å². The van der Waals surface area contributed by atoms with E-state index < -0.39 is 26.5 Å². The van der Waals surface area contributed by atoms with Gasteiger partial charge in [-0.3, -0.25) is 18.6 Å². The van der Waals surface area contributed by atoms with E-state index in [1.165, 1.54) is 212 Å². The number of carbonyl (C=O) groups excluding carboxylic acids is 2. The second kappa shape index (κ2) is 84.6. The van der Waals surface area contributed by atoms with Crippen LogP contribution in [0.4, 0.5) is 0 Å². The summed E-state index contributed by atoms with van der Waals surface area (Å²) in [6.07, 6.45) is 124. The van der Waals surface area contributed by atoms with Crippen molar-refractivity contribution in [3.8, 4) is 0 Å². The molecular formula is C91H156NO8P. The van der Waals surface area contributed by atoms with Gasteiger partial charge in [0, 0.05) is 19.4 Å². The minimum absolute atomic E-state index is 0.0441. The quantitative estimate of drug-likeness (QED) is 0.0264. The van der Waals surface area contributed by atoms with Gasteiger partial charge in [0.25, 0.3) is 0 Å². The SMILES string of the molecule is CC/C=C\C/C=C\C/C=C\C/C=C\C/C=C\C/C=C\C/C=C\C/C=C\C/C=C\C/C=C\C/C=C\CCCCCCCC(=O)OC(COC(=O)CCCCCCCCCCCCCCCCCCCCCCCCCCCCCCC/C=C\C/C=C\CCCCCCC)COP(=O)(O)OCCN. The van der Waals surface area contributed by atoms with E-state index in [4.69, 9.17) is 24.3 Å². The molecule has 2 unspecified atom stereocenters. The van der Waals surface area contributed by atoms with Crippen LogP contribution in [0.2, 0.25) is 0 Å². The van der Waals surface area contributed by atoms with Gasteiger partial charge in [-0.2, -0.15) is 0 Å². The average Bonchev–Trinajstić information content (AvgIpc) is 1.01. The number of allylic oxidation sites excluding steroid dienone is 26. The van der Waals surface area contributed by atoms with Crippen LogP contribution in [0.25, 0.3) is 0 Å². The second-order valence-electron chi connectivity index (χ2n) is 27.6. The summed E-state index contributed by atoms with van der Waals surface area (Å²) < 4.78 is 33.3. The lowest BCUT2D eigenvalue weighted by Gasteiger charge is -2.19. The zero-order valence-corrected chi connectivity index (χ0v) is 66.2. The minimum Gasteiger partial charge on any atom is -0.462 e. The molecule has 0 aromatic heterocycles. The fourth-order valence-electron chi connectivity index (χ4n) is 11.7. The summed E-state index contributed by atoms with van der Waals surface area (Å²) in [5.41, 5.74) is 5.42. The molecular weight excluding hydrogens is 1270 g/mol. The predicted octanol–water partition coefficient (Wildman–Crippen LogP) is 28.6. The first-order valence-corrected chi connectivity index (χ1v) is 43.5. The Labute approximate surface area is 623 Å². The number of rotatable bonds is 78. The van der Waals surface area contributed by atoms with Crippen molar-refractivity contribution in [2.75, 3.05) is 26.4 Å². The molecule has 101 heavy (non-hydrogen) atoms. The van der Waals surface area contributed by atoms with Gasteiger partial charge in [0.15, 0.2) is 6.10 Å². The molecule has 0 rings (SSSR count). The summed E-state index contributed by atoms with van der Waals surface area (Å²) in [6.45, 7) is 3.62. The third-order valence-corrected chi connectivity index (χ3v) is 18.9. The average molecular weight is 1420 g/mol. The summed E-state index contributed by atoms with van der Waals surface area (Å²) >= 11 is 0. The van der Waals surface area contributed by atoms with Gasteiger partial charge in [0.1, 0.15) is 6.61 Å². The van der Waals surface area contributed by atoms with Crippen LogP contribution in [0.5, 0.6) is 0 Å². The number of phosphoric ester groups is 1. The lowest BCUT2D eigenvalue weighted by Crippen LogP contribution is -2.29. The van der Waals surface area contributed by atoms with Crippen LogP contribution in [0.3, 0.4) is 0 Å². The number of hydrogen-bond donors (Lipinski definition) is 2. The van der Waals surface area contributed by atoms with Crippen LogP contribution in [-0.2, 0) is 32.7 Å². The Morgan fingerprint density at radius 3 is 0.812 bits per heavy atom. The normalized spacial score (nSPS) is 13.7. The van der Waals surface area contributed by atoms with Crippen molar-refractivity contribution >= 4 is 19.8 Å². The standard InChI is InChI=1S/C91H156NO8P/c1-3-5-7-9-11-13-15-17-19-21-23-25-27-29-31-33-35-37-39-41-43-44-46-47-49-51-53-55-57-59-61-63-65-67-69-71-73-75-77-79-81-83-90(93)97-87-89(88-99-101(95,96)98-86-85-92)100-91(94)84-82-80-78-76-74-72-70-68-66-64-62-60-58-56-54-52-50-48-45-42-40-38-36-34-32-30-28-26-24-22-20-18-16-14-12-10-8-6-4-2/h6,8,12,14-15,17-18,20-21,23-24,26,30,32,36,38,42,45,50,52,56,58,62,64,68,70,89H,3-5,7,9-11,13,16,19,22,25,27-29,31,33-35,37,39-41,43-44,46-49,51,53-55,57,59-61,63,65-67,69,71-88,92H2,1-2H3,(H,95,96)/b8-6-,14-12-,17-15-,20-18-,23-21-,26-24-,32-30-,38-36-,45-42-,52-50-,58-56-,64-62-,70-68-. The molecule has 10 heteroatoms. The summed E-state index contributed by atoms with van der Waals surface area (Å²) in [6, 6.07) is 0. The van der Waals surface area contributed by atoms with Crippen LogP contribution in [-0.4, -0.2) is 49.3 Å². The maximum Gasteiger partial charge on any atom is 0.472 e. The number of ether oxygens (including phenoxy) is 2. The molecule has 0 spiro atoms. The number of esters is 2. The van der Waals surface area contributed by atoms with Gasteiger partial charge in [-0.1, -0.05) is 390 Å². The van der Waals surface area contributed by atoms with Crippen molar-refractivity contribution in [3.05, 3.63) is 158 Å². The van der Waals surface area contributed by atoms with Crippen LogP contribution in [0.1, 0.15) is 373 Å². The lowest BCUT2D eigenvalue weighted by molar-refractivity contribution is -0.161. The molecule has 2 atom stereocenters. The molecule has 9 nitrogen and oxygen atoms in total. The molecule has 0 aromatic carbocycles. The molecule has 0 radical (unpaired) electrons. The highest BCUT2D eigenvalue weighted by Crippen LogP contribution is 2.43. The summed E-state index contributed by atoms with van der Waals surface area (Å²) in [5.74, 6) is -0.846. The van der Waals surface area contributed by atoms with E-state index >= 15 is 0 Å². The van der Waals surface area contributed by atoms with Gasteiger partial charge in [-0.25, -0.2) is 4.57 Å². The monoisotopic (exact) mass is 1420 g/mol. The van der Waals surface area contributed by atoms with Gasteiger partial charge in [-0.15, -0.1) is 0 Å². The minimum atomic E-state index is -4.41. The van der Waals surface area contributed by atoms with Crippen molar-refractivity contribution in [3.63, 3.8) is 0 Å². The van der Waals surface area contributed by atoms with Crippen molar-refractivity contribution in [2.24, 2.45) is 5.73 Å². The first kappa shape index (κ1) is 96.6. The largest absolute Gasteiger partial charge is 0.472 e. The smallest absolute Gasteiger partial charge is 0.462 e. The molecule has 0 aromatic rings. The van der Waals surface area contributed by atoms with Gasteiger partial charge >= 0.3 is 19.8 Å². The molecule has 0 bridgehead atoms. The van der Waals surface area contributed by atoms with E-state index in [0.717, 1.165) is 128 Å². The van der Waals surface area contributed by atoms with Crippen LogP contribution in [0.15, 0.2) is 158 Å². The number of phosphoric acid groups is 1. The molecule has 0 aliphatic rings. The first-order valence-electron chi connectivity index (χ1n) is 42.0. The number of carbonyl (C=O) groups is 2. The van der Waals surface area contributed by atoms with E-state index in [-0.39, 0.29) is 38.6 Å². The Morgan fingerprint density at radius 1 is 0.307 bits per heavy atom. The Bertz CT molecular complexity index is 2230. The van der Waals surface area contributed by atoms with E-state index in [9.17, 15) is 19.0 Å².